The first-order valence-electron chi connectivity index (χ1n) is 5.19. The Morgan fingerprint density at radius 2 is 2.19 bits per heavy atom. The van der Waals surface area contributed by atoms with Gasteiger partial charge in [0.25, 0.3) is 0 Å². The Labute approximate surface area is 95.9 Å². The average Bonchev–Trinajstić information content (AvgIpc) is 2.23. The molecule has 0 aromatic rings. The van der Waals surface area contributed by atoms with Crippen molar-refractivity contribution in [3.8, 4) is 0 Å². The van der Waals surface area contributed by atoms with Crippen molar-refractivity contribution in [2.24, 2.45) is 0 Å². The lowest BCUT2D eigenvalue weighted by molar-refractivity contribution is -0.137. The van der Waals surface area contributed by atoms with E-state index in [9.17, 15) is 9.59 Å². The first-order chi connectivity index (χ1) is 7.61. The first kappa shape index (κ1) is 14.4. The highest BCUT2D eigenvalue weighted by molar-refractivity contribution is 5.81. The molecule has 0 aliphatic heterocycles. The lowest BCUT2D eigenvalue weighted by Crippen LogP contribution is -2.11. The van der Waals surface area contributed by atoms with Crippen LogP contribution in [0, 0.1) is 0 Å². The van der Waals surface area contributed by atoms with Gasteiger partial charge in [-0.05, 0) is 25.8 Å². The summed E-state index contributed by atoms with van der Waals surface area (Å²) in [6.07, 6.45) is 4.05. The molecule has 0 heterocycles. The van der Waals surface area contributed by atoms with Crippen LogP contribution in [0.4, 0.5) is 0 Å². The van der Waals surface area contributed by atoms with Gasteiger partial charge in [-0.1, -0.05) is 6.58 Å². The third-order valence-electron chi connectivity index (χ3n) is 1.83. The van der Waals surface area contributed by atoms with Crippen molar-refractivity contribution in [2.75, 3.05) is 6.61 Å². The minimum Gasteiger partial charge on any atom is -0.493 e. The van der Waals surface area contributed by atoms with E-state index < -0.39 is 5.97 Å². The highest BCUT2D eigenvalue weighted by Gasteiger charge is 2.08. The number of aldehydes is 1. The minimum atomic E-state index is -0.446. The largest absolute Gasteiger partial charge is 0.493 e. The maximum absolute atomic E-state index is 10.9. The predicted octanol–water partition coefficient (Wildman–Crippen LogP) is 2.00. The van der Waals surface area contributed by atoms with Gasteiger partial charge in [0.1, 0.15) is 12.4 Å². The van der Waals surface area contributed by atoms with E-state index in [2.05, 4.69) is 11.3 Å². The molecular formula is C12H18O4. The van der Waals surface area contributed by atoms with E-state index in [1.807, 2.05) is 6.92 Å². The second kappa shape index (κ2) is 8.71. The van der Waals surface area contributed by atoms with Crippen LogP contribution in [0.15, 0.2) is 24.5 Å². The molecule has 90 valence electrons. The number of ether oxygens (including phenoxy) is 2. The first-order valence-corrected chi connectivity index (χ1v) is 5.19. The van der Waals surface area contributed by atoms with Gasteiger partial charge in [-0.2, -0.15) is 0 Å². The van der Waals surface area contributed by atoms with E-state index in [0.717, 1.165) is 11.9 Å². The van der Waals surface area contributed by atoms with Gasteiger partial charge in [-0.25, -0.2) is 4.79 Å². The number of hydrogen-bond donors (Lipinski definition) is 0. The van der Waals surface area contributed by atoms with Gasteiger partial charge < -0.3 is 14.3 Å². The Morgan fingerprint density at radius 3 is 2.69 bits per heavy atom. The van der Waals surface area contributed by atoms with Crippen molar-refractivity contribution in [1.29, 1.82) is 0 Å². The Bertz CT molecular complexity index is 268. The monoisotopic (exact) mass is 226 g/mol. The van der Waals surface area contributed by atoms with E-state index in [1.165, 1.54) is 12.3 Å². The molecule has 0 unspecified atom stereocenters. The van der Waals surface area contributed by atoms with Crippen molar-refractivity contribution in [2.45, 2.75) is 32.8 Å². The summed E-state index contributed by atoms with van der Waals surface area (Å²) < 4.78 is 9.96. The summed E-state index contributed by atoms with van der Waals surface area (Å²) in [6.45, 7) is 7.63. The molecule has 0 aliphatic carbocycles. The van der Waals surface area contributed by atoms with Crippen molar-refractivity contribution in [1.82, 2.24) is 0 Å². The Balaban J connectivity index is 4.05. The van der Waals surface area contributed by atoms with Crippen LogP contribution in [0.3, 0.4) is 0 Å². The molecule has 0 N–H and O–H groups in total. The summed E-state index contributed by atoms with van der Waals surface area (Å²) in [5, 5.41) is 0. The SMILES string of the molecule is C=C(C)[C@@H](CCC=O)O/C=C/C(=O)OCC. The zero-order valence-electron chi connectivity index (χ0n) is 9.77. The Hall–Kier alpha value is -1.58. The molecule has 1 atom stereocenters. The smallest absolute Gasteiger partial charge is 0.333 e. The fraction of sp³-hybridized carbons (Fsp3) is 0.500. The number of carbonyl (C=O) groups excluding carboxylic acids is 2. The van der Waals surface area contributed by atoms with Gasteiger partial charge in [0.05, 0.1) is 18.9 Å². The van der Waals surface area contributed by atoms with Crippen LogP contribution in [-0.2, 0) is 19.1 Å². The summed E-state index contributed by atoms with van der Waals surface area (Å²) in [5.74, 6) is -0.446. The number of carbonyl (C=O) groups is 2. The lowest BCUT2D eigenvalue weighted by Gasteiger charge is -2.14. The normalized spacial score (nSPS) is 12.1. The zero-order chi connectivity index (χ0) is 12.4. The molecule has 0 bridgehead atoms. The van der Waals surface area contributed by atoms with Crippen LogP contribution in [-0.4, -0.2) is 25.0 Å². The number of rotatable bonds is 8. The maximum atomic E-state index is 10.9. The van der Waals surface area contributed by atoms with Crippen LogP contribution in [0.1, 0.15) is 26.7 Å². The fourth-order valence-corrected chi connectivity index (χ4v) is 1.03. The third kappa shape index (κ3) is 6.81. The average molecular weight is 226 g/mol. The second-order valence-electron chi connectivity index (χ2n) is 3.27. The van der Waals surface area contributed by atoms with E-state index >= 15 is 0 Å². The molecule has 4 nitrogen and oxygen atoms in total. The van der Waals surface area contributed by atoms with Crippen LogP contribution in [0.25, 0.3) is 0 Å². The van der Waals surface area contributed by atoms with Crippen molar-refractivity contribution in [3.63, 3.8) is 0 Å². The van der Waals surface area contributed by atoms with Gasteiger partial charge in [-0.15, -0.1) is 0 Å². The minimum absolute atomic E-state index is 0.240. The maximum Gasteiger partial charge on any atom is 0.333 e. The topological polar surface area (TPSA) is 52.6 Å². The molecule has 0 saturated heterocycles. The molecule has 0 aliphatic rings. The fourth-order valence-electron chi connectivity index (χ4n) is 1.03. The van der Waals surface area contributed by atoms with Crippen LogP contribution >= 0.6 is 0 Å². The summed E-state index contributed by atoms with van der Waals surface area (Å²) >= 11 is 0. The molecular weight excluding hydrogens is 208 g/mol. The third-order valence-corrected chi connectivity index (χ3v) is 1.83. The highest BCUT2D eigenvalue weighted by atomic mass is 16.5. The molecule has 16 heavy (non-hydrogen) atoms. The Morgan fingerprint density at radius 1 is 1.50 bits per heavy atom. The molecule has 0 rings (SSSR count). The van der Waals surface area contributed by atoms with Crippen LogP contribution in [0.5, 0.6) is 0 Å². The van der Waals surface area contributed by atoms with E-state index in [-0.39, 0.29) is 6.10 Å². The van der Waals surface area contributed by atoms with E-state index in [0.29, 0.717) is 19.4 Å². The van der Waals surface area contributed by atoms with E-state index in [1.54, 1.807) is 6.92 Å². The van der Waals surface area contributed by atoms with Gasteiger partial charge in [-0.3, -0.25) is 0 Å². The van der Waals surface area contributed by atoms with Crippen LogP contribution in [0.2, 0.25) is 0 Å². The number of hydrogen-bond acceptors (Lipinski definition) is 4. The van der Waals surface area contributed by atoms with Gasteiger partial charge in [0, 0.05) is 6.42 Å². The molecule has 0 aromatic heterocycles. The van der Waals surface area contributed by atoms with Gasteiger partial charge >= 0.3 is 5.97 Å². The summed E-state index contributed by atoms with van der Waals surface area (Å²) in [7, 11) is 0. The van der Waals surface area contributed by atoms with Crippen LogP contribution < -0.4 is 0 Å². The molecule has 4 heteroatoms. The van der Waals surface area contributed by atoms with Gasteiger partial charge in [0.2, 0.25) is 0 Å². The van der Waals surface area contributed by atoms with Crippen molar-refractivity contribution >= 4 is 12.3 Å². The molecule has 0 amide bonds. The summed E-state index contributed by atoms with van der Waals surface area (Å²) in [4.78, 5) is 21.2. The van der Waals surface area contributed by atoms with Crippen molar-refractivity contribution in [3.05, 3.63) is 24.5 Å². The number of esters is 1. The zero-order valence-corrected chi connectivity index (χ0v) is 9.77. The Kier molecular flexibility index (Phi) is 7.85. The second-order valence-corrected chi connectivity index (χ2v) is 3.27. The summed E-state index contributed by atoms with van der Waals surface area (Å²) in [6, 6.07) is 0. The highest BCUT2D eigenvalue weighted by Crippen LogP contribution is 2.10. The lowest BCUT2D eigenvalue weighted by atomic mass is 10.1. The van der Waals surface area contributed by atoms with Gasteiger partial charge in [0.15, 0.2) is 0 Å². The molecule has 0 aromatic carbocycles. The standard InChI is InChI=1S/C12H18O4/c1-4-15-12(14)7-9-16-11(10(2)3)6-5-8-13/h7-9,11H,2,4-6H2,1,3H3/b9-7+/t11-/m1/s1. The van der Waals surface area contributed by atoms with Crippen molar-refractivity contribution < 1.29 is 19.1 Å². The quantitative estimate of drug-likeness (QED) is 0.209. The molecule has 0 spiro atoms. The summed E-state index contributed by atoms with van der Waals surface area (Å²) in [5.41, 5.74) is 0.815. The molecule has 0 fully saturated rings. The molecule has 0 radical (unpaired) electrons. The predicted molar refractivity (Wildman–Crippen MR) is 60.8 cm³/mol. The van der Waals surface area contributed by atoms with E-state index in [4.69, 9.17) is 4.74 Å². The molecule has 0 saturated carbocycles.